The van der Waals surface area contributed by atoms with Crippen LogP contribution in [0.25, 0.3) is 22.1 Å². The number of aliphatic hydroxyl groups excluding tert-OH is 4. The Bertz CT molecular complexity index is 2850. The number of hydrogen-bond acceptors (Lipinski definition) is 14. The second-order valence-electron chi connectivity index (χ2n) is 17.0. The van der Waals surface area contributed by atoms with Crippen LogP contribution in [0.2, 0.25) is 0 Å². The van der Waals surface area contributed by atoms with E-state index in [0.717, 1.165) is 51.5 Å². The van der Waals surface area contributed by atoms with Gasteiger partial charge in [-0.05, 0) is 61.8 Å². The summed E-state index contributed by atoms with van der Waals surface area (Å²) in [5.74, 6) is -1.07. The highest BCUT2D eigenvalue weighted by atomic mass is 35.5. The Morgan fingerprint density at radius 2 is 0.973 bits per heavy atom. The summed E-state index contributed by atoms with van der Waals surface area (Å²) in [7, 11) is 3.90. The lowest BCUT2D eigenvalue weighted by molar-refractivity contribution is -0.275. The molecule has 6 rings (SSSR count). The van der Waals surface area contributed by atoms with Crippen LogP contribution in [0.3, 0.4) is 0 Å². The van der Waals surface area contributed by atoms with Crippen molar-refractivity contribution < 1.29 is 65.7 Å². The molecular weight excluding hydrogens is 1000 g/mol. The first-order valence-corrected chi connectivity index (χ1v) is 22.6. The van der Waals surface area contributed by atoms with Gasteiger partial charge in [-0.25, -0.2) is 19.6 Å². The first-order chi connectivity index (χ1) is 33.8. The van der Waals surface area contributed by atoms with Crippen LogP contribution in [0, 0.1) is 11.8 Å². The number of alkyl halides is 6. The number of nitrogens with zero attached hydrogens (tertiary/aromatic N) is 6. The highest BCUT2D eigenvalue weighted by Crippen LogP contribution is 2.39. The van der Waals surface area contributed by atoms with E-state index in [1.54, 1.807) is 0 Å². The zero-order chi connectivity index (χ0) is 53.8. The Morgan fingerprint density at radius 1 is 0.616 bits per heavy atom. The molecule has 6 aromatic rings. The van der Waals surface area contributed by atoms with Crippen molar-refractivity contribution in [3.05, 3.63) is 114 Å². The van der Waals surface area contributed by atoms with Crippen molar-refractivity contribution in [1.29, 1.82) is 0 Å². The fourth-order valence-corrected chi connectivity index (χ4v) is 7.53. The summed E-state index contributed by atoms with van der Waals surface area (Å²) in [6.45, 7) is 9.33. The fraction of sp³-hybridized carbons (Fsp3) is 0.458. The van der Waals surface area contributed by atoms with Crippen molar-refractivity contribution in [2.45, 2.75) is 105 Å². The minimum Gasteiger partial charge on any atom is -0.455 e. The maximum absolute atomic E-state index is 13.4. The van der Waals surface area contributed by atoms with Gasteiger partial charge >= 0.3 is 24.1 Å². The smallest absolute Gasteiger partial charge is 0.455 e. The van der Waals surface area contributed by atoms with Crippen LogP contribution in [0.1, 0.15) is 90.1 Å². The number of unbranched alkanes of at least 4 members (excludes halogenated alkanes) is 1. The number of aliphatic hydroxyl groups is 4. The number of halogens is 7. The Kier molecular flexibility index (Phi) is 22.1. The lowest BCUT2D eigenvalue weighted by Gasteiger charge is -2.21. The van der Waals surface area contributed by atoms with Gasteiger partial charge in [-0.1, -0.05) is 53.2 Å². The van der Waals surface area contributed by atoms with E-state index in [0.29, 0.717) is 6.42 Å². The molecule has 4 aromatic heterocycles. The Balaban J connectivity index is 0.000000368. The van der Waals surface area contributed by atoms with Gasteiger partial charge in [-0.3, -0.25) is 27.9 Å². The van der Waals surface area contributed by atoms with Crippen molar-refractivity contribution in [2.24, 2.45) is 25.9 Å². The summed E-state index contributed by atoms with van der Waals surface area (Å²) in [6, 6.07) is 9.67. The predicted octanol–water partition coefficient (Wildman–Crippen LogP) is 7.94. The topological polar surface area (TPSA) is 232 Å². The van der Waals surface area contributed by atoms with E-state index in [1.165, 1.54) is 55.3 Å². The number of rotatable bonds is 18. The molecule has 4 N–H and O–H groups in total. The standard InChI is InChI=1S/C24H28F3N3O5.C23H26F3N3O6.CH4O.ClH/c1-5-6-10-30-22(32)20-19(17(31)11-14(2)3)18(13-28-21(20)29(4)23(30)33)34-15-8-7-9-16(12-15)35-24(25,26)27;1-13(2)10-16(31)18-17(34-14-6-4-7-15(11-14)35-23(24,25)26)12-27-20-19(18)21(32)29(8-5-9-30)22(33)28(20)3;1-2;/h7-9,12-14,17,31H,5-6,10-11H2,1-4H3;4,6-7,11-13,16,30-31H,5,8-10H2,1-3H3;2H,1H3;1H. The summed E-state index contributed by atoms with van der Waals surface area (Å²) < 4.78 is 99.7. The SMILES string of the molecule is CC(C)CC(O)c1c(Oc2cccc(OC(F)(F)F)c2)cnc2c1c(=O)n(CCCO)c(=O)n2C.CCCCn1c(=O)c2c(C(O)CC(C)C)c(Oc3cccc(OC(F)(F)F)c3)cnc2n(C)c1=O.CO.Cl. The molecule has 0 bridgehead atoms. The monoisotopic (exact) mass is 1060 g/mol. The molecule has 0 spiro atoms. The molecule has 0 saturated carbocycles. The molecule has 2 aromatic carbocycles. The molecule has 402 valence electrons. The minimum atomic E-state index is -4.90. The molecule has 2 unspecified atom stereocenters. The summed E-state index contributed by atoms with van der Waals surface area (Å²) in [4.78, 5) is 60.7. The third-order valence-electron chi connectivity index (χ3n) is 10.6. The summed E-state index contributed by atoms with van der Waals surface area (Å²) in [5, 5.41) is 38.3. The van der Waals surface area contributed by atoms with E-state index in [9.17, 15) is 55.7 Å². The van der Waals surface area contributed by atoms with Crippen molar-refractivity contribution in [3.63, 3.8) is 0 Å². The maximum Gasteiger partial charge on any atom is 0.573 e. The molecular formula is C48H59ClF6N6O12. The third kappa shape index (κ3) is 15.8. The van der Waals surface area contributed by atoms with Crippen LogP contribution in [0.4, 0.5) is 26.3 Å². The number of pyridine rings is 2. The second-order valence-corrected chi connectivity index (χ2v) is 17.0. The molecule has 73 heavy (non-hydrogen) atoms. The van der Waals surface area contributed by atoms with Crippen LogP contribution in [0.5, 0.6) is 34.5 Å². The predicted molar refractivity (Wildman–Crippen MR) is 260 cm³/mol. The lowest BCUT2D eigenvalue weighted by Crippen LogP contribution is -2.40. The molecule has 0 aliphatic heterocycles. The van der Waals surface area contributed by atoms with Gasteiger partial charge in [0.05, 0.1) is 35.4 Å². The van der Waals surface area contributed by atoms with Crippen LogP contribution < -0.4 is 41.4 Å². The quantitative estimate of drug-likeness (QED) is 0.0599. The van der Waals surface area contributed by atoms with Gasteiger partial charge in [0, 0.05) is 64.2 Å². The van der Waals surface area contributed by atoms with Gasteiger partial charge in [-0.2, -0.15) is 0 Å². The van der Waals surface area contributed by atoms with Gasteiger partial charge in [0.25, 0.3) is 11.1 Å². The van der Waals surface area contributed by atoms with E-state index in [-0.39, 0.29) is 119 Å². The van der Waals surface area contributed by atoms with Crippen LogP contribution in [-0.4, -0.2) is 75.1 Å². The number of fused-ring (bicyclic) bond motifs is 2. The molecule has 0 aliphatic carbocycles. The highest BCUT2D eigenvalue weighted by molar-refractivity contribution is 5.85. The van der Waals surface area contributed by atoms with Gasteiger partial charge < -0.3 is 39.4 Å². The van der Waals surface area contributed by atoms with E-state index < -0.39 is 58.9 Å². The molecule has 25 heteroatoms. The zero-order valence-corrected chi connectivity index (χ0v) is 42.0. The summed E-state index contributed by atoms with van der Waals surface area (Å²) in [6.07, 6.45) is -7.69. The normalized spacial score (nSPS) is 12.4. The Hall–Kier alpha value is -6.47. The van der Waals surface area contributed by atoms with Gasteiger partial charge in [0.2, 0.25) is 0 Å². The van der Waals surface area contributed by atoms with Crippen LogP contribution >= 0.6 is 12.4 Å². The lowest BCUT2D eigenvalue weighted by atomic mass is 9.97. The van der Waals surface area contributed by atoms with Gasteiger partial charge in [0.1, 0.15) is 34.3 Å². The average Bonchev–Trinajstić information content (AvgIpc) is 3.29. The van der Waals surface area contributed by atoms with Gasteiger partial charge in [-0.15, -0.1) is 38.7 Å². The Morgan fingerprint density at radius 3 is 1.30 bits per heavy atom. The van der Waals surface area contributed by atoms with E-state index in [1.807, 2.05) is 34.6 Å². The second kappa shape index (κ2) is 26.5. The number of ether oxygens (including phenoxy) is 4. The van der Waals surface area contributed by atoms with Crippen molar-refractivity contribution in [1.82, 2.24) is 28.2 Å². The average molecular weight is 1060 g/mol. The largest absolute Gasteiger partial charge is 0.573 e. The van der Waals surface area contributed by atoms with Crippen molar-refractivity contribution in [3.8, 4) is 34.5 Å². The Labute approximate surface area is 420 Å². The summed E-state index contributed by atoms with van der Waals surface area (Å²) in [5.41, 5.74) is -2.23. The number of aromatic nitrogens is 6. The highest BCUT2D eigenvalue weighted by Gasteiger charge is 2.33. The molecule has 0 fully saturated rings. The molecule has 0 saturated heterocycles. The van der Waals surface area contributed by atoms with E-state index in [4.69, 9.17) is 19.7 Å². The minimum absolute atomic E-state index is 0. The molecule has 0 aliphatic rings. The molecule has 0 radical (unpaired) electrons. The van der Waals surface area contributed by atoms with E-state index in [2.05, 4.69) is 19.4 Å². The first-order valence-electron chi connectivity index (χ1n) is 22.6. The number of aryl methyl sites for hydroxylation is 2. The molecule has 0 amide bonds. The molecule has 18 nitrogen and oxygen atoms in total. The van der Waals surface area contributed by atoms with Crippen molar-refractivity contribution in [2.75, 3.05) is 13.7 Å². The first kappa shape index (κ1) is 60.8. The van der Waals surface area contributed by atoms with Crippen LogP contribution in [-0.2, 0) is 27.2 Å². The van der Waals surface area contributed by atoms with Gasteiger partial charge in [0.15, 0.2) is 11.5 Å². The number of hydrogen-bond donors (Lipinski definition) is 4. The van der Waals surface area contributed by atoms with E-state index >= 15 is 0 Å². The van der Waals surface area contributed by atoms with Crippen molar-refractivity contribution >= 4 is 34.5 Å². The number of benzene rings is 2. The fourth-order valence-electron chi connectivity index (χ4n) is 7.53. The maximum atomic E-state index is 13.4. The van der Waals surface area contributed by atoms with Crippen LogP contribution in [0.15, 0.2) is 80.1 Å². The summed E-state index contributed by atoms with van der Waals surface area (Å²) >= 11 is 0. The third-order valence-corrected chi connectivity index (χ3v) is 10.6. The molecule has 4 heterocycles. The zero-order valence-electron chi connectivity index (χ0n) is 41.2. The molecule has 2 atom stereocenters.